The quantitative estimate of drug-likeness (QED) is 0.651. The van der Waals surface area contributed by atoms with Gasteiger partial charge in [-0.3, -0.25) is 0 Å². The van der Waals surface area contributed by atoms with Gasteiger partial charge in [0, 0.05) is 0 Å². The van der Waals surface area contributed by atoms with Gasteiger partial charge in [0.25, 0.3) is 0 Å². The van der Waals surface area contributed by atoms with Crippen molar-refractivity contribution in [2.45, 2.75) is 0 Å². The Morgan fingerprint density at radius 3 is 2.38 bits per heavy atom. The molecule has 84 valence electrons. The third-order valence-corrected chi connectivity index (χ3v) is 3.14. The molecule has 0 amide bonds. The normalized spacial score (nSPS) is 15.0. The molecule has 2 rings (SSSR count). The van der Waals surface area contributed by atoms with Gasteiger partial charge in [-0.25, -0.2) is 0 Å². The monoisotopic (exact) mass is 332 g/mol. The minimum absolute atomic E-state index is 0. The average Bonchev–Trinajstić information content (AvgIpc) is 2.23. The molecule has 1 aromatic rings. The number of piperazine rings is 1. The van der Waals surface area contributed by atoms with E-state index in [-0.39, 0.29) is 40.0 Å². The van der Waals surface area contributed by atoms with Gasteiger partial charge in [0.2, 0.25) is 0 Å². The van der Waals surface area contributed by atoms with Crippen molar-refractivity contribution < 1.29 is 17.0 Å². The molecule has 0 aliphatic carbocycles. The van der Waals surface area contributed by atoms with Crippen LogP contribution in [0, 0.1) is 0 Å². The van der Waals surface area contributed by atoms with Crippen LogP contribution in [-0.4, -0.2) is 49.2 Å². The van der Waals surface area contributed by atoms with Crippen molar-refractivity contribution in [3.8, 4) is 0 Å². The predicted octanol–water partition coefficient (Wildman–Crippen LogP) is -0.190. The van der Waals surface area contributed by atoms with Gasteiger partial charge in [-0.05, 0) is 25.2 Å². The Hall–Kier alpha value is 0.806. The smallest absolute Gasteiger partial charge is 1.00 e. The molecule has 0 aromatic heterocycles. The Bertz CT molecular complexity index is 333. The van der Waals surface area contributed by atoms with E-state index in [1.807, 2.05) is 18.2 Å². The summed E-state index contributed by atoms with van der Waals surface area (Å²) in [5.74, 6) is 0. The molecule has 1 aromatic carbocycles. The number of hydrogen-bond acceptors (Lipinski definition) is 1. The molecule has 0 spiro atoms. The predicted molar refractivity (Wildman–Crippen MR) is 67.5 cm³/mol. The van der Waals surface area contributed by atoms with Crippen molar-refractivity contribution in [2.75, 3.05) is 31.1 Å². The minimum Gasteiger partial charge on any atom is -1.00 e. The topological polar surface area (TPSA) is 17.3 Å². The molecule has 1 saturated heterocycles. The summed E-state index contributed by atoms with van der Waals surface area (Å²) >= 11 is 12.1. The number of halogens is 3. The van der Waals surface area contributed by atoms with E-state index in [1.54, 1.807) is 0 Å². The number of benzene rings is 1. The van der Waals surface area contributed by atoms with Crippen LogP contribution in [0.5, 0.6) is 0 Å². The molecular weight excluding hydrogens is 323 g/mol. The average molecular weight is 334 g/mol. The number of anilines is 1. The van der Waals surface area contributed by atoms with Crippen molar-refractivity contribution in [3.05, 3.63) is 33.6 Å². The largest absolute Gasteiger partial charge is 2.00 e. The zero-order valence-corrected chi connectivity index (χ0v) is 13.3. The Morgan fingerprint density at radius 2 is 1.75 bits per heavy atom. The maximum atomic E-state index is 6.12. The summed E-state index contributed by atoms with van der Waals surface area (Å²) in [6.07, 6.45) is 0. The third-order valence-electron chi connectivity index (χ3n) is 2.33. The summed E-state index contributed by atoms with van der Waals surface area (Å²) < 4.78 is 0. The standard InChI is InChI=1S/C10H11Cl2N2.BrH.Mg/c11-8-2-1-3-9(10(8)12)14-6-4-13-5-7-14;;/h1-3H,4-7H2;1H;/q-1;;+2/p-1. The van der Waals surface area contributed by atoms with Crippen LogP contribution in [0.3, 0.4) is 0 Å². The van der Waals surface area contributed by atoms with E-state index in [9.17, 15) is 0 Å². The fourth-order valence-corrected chi connectivity index (χ4v) is 2.00. The molecule has 0 radical (unpaired) electrons. The number of hydrogen-bond donors (Lipinski definition) is 0. The van der Waals surface area contributed by atoms with Crippen LogP contribution in [-0.2, 0) is 0 Å². The maximum Gasteiger partial charge on any atom is 2.00 e. The van der Waals surface area contributed by atoms with Gasteiger partial charge in [0.05, 0.1) is 15.7 Å². The van der Waals surface area contributed by atoms with Crippen molar-refractivity contribution in [3.63, 3.8) is 0 Å². The van der Waals surface area contributed by atoms with Crippen LogP contribution in [0.4, 0.5) is 5.69 Å². The molecule has 2 nitrogen and oxygen atoms in total. The Balaban J connectivity index is 0.00000112. The van der Waals surface area contributed by atoms with Crippen molar-refractivity contribution in [2.24, 2.45) is 0 Å². The molecule has 0 unspecified atom stereocenters. The van der Waals surface area contributed by atoms with Gasteiger partial charge < -0.3 is 27.2 Å². The first-order valence-corrected chi connectivity index (χ1v) is 5.37. The zero-order chi connectivity index (χ0) is 9.97. The Labute approximate surface area is 133 Å². The third kappa shape index (κ3) is 3.93. The molecule has 1 heterocycles. The number of rotatable bonds is 1. The van der Waals surface area contributed by atoms with Crippen LogP contribution in [0.15, 0.2) is 18.2 Å². The molecule has 0 saturated carbocycles. The van der Waals surface area contributed by atoms with Crippen molar-refractivity contribution >= 4 is 51.9 Å². The molecule has 6 heteroatoms. The van der Waals surface area contributed by atoms with E-state index in [0.717, 1.165) is 31.9 Å². The summed E-state index contributed by atoms with van der Waals surface area (Å²) in [7, 11) is 0. The second kappa shape index (κ2) is 8.00. The van der Waals surface area contributed by atoms with Gasteiger partial charge in [-0.1, -0.05) is 29.3 Å². The summed E-state index contributed by atoms with van der Waals surface area (Å²) in [6, 6.07) is 5.73. The van der Waals surface area contributed by atoms with Crippen LogP contribution < -0.4 is 21.9 Å². The Kier molecular flexibility index (Phi) is 8.41. The Morgan fingerprint density at radius 1 is 1.12 bits per heavy atom. The van der Waals surface area contributed by atoms with E-state index in [2.05, 4.69) is 10.2 Å². The van der Waals surface area contributed by atoms with E-state index < -0.39 is 0 Å². The molecule has 16 heavy (non-hydrogen) atoms. The van der Waals surface area contributed by atoms with Crippen LogP contribution in [0.25, 0.3) is 5.32 Å². The van der Waals surface area contributed by atoms with Gasteiger partial charge in [0.15, 0.2) is 0 Å². The SMILES string of the molecule is Clc1cccc(N2CC[N-]CC2)c1Cl.[Br-].[Mg+2]. The second-order valence-electron chi connectivity index (χ2n) is 3.23. The molecule has 1 aliphatic heterocycles. The van der Waals surface area contributed by atoms with Crippen molar-refractivity contribution in [1.29, 1.82) is 0 Å². The molecule has 1 fully saturated rings. The molecule has 1 aliphatic rings. The van der Waals surface area contributed by atoms with Gasteiger partial charge in [-0.15, -0.1) is 13.1 Å². The maximum absolute atomic E-state index is 6.12. The summed E-state index contributed by atoms with van der Waals surface area (Å²) in [5.41, 5.74) is 1.02. The molecule has 0 atom stereocenters. The first-order valence-electron chi connectivity index (χ1n) is 4.61. The molecule has 0 bridgehead atoms. The van der Waals surface area contributed by atoms with E-state index in [4.69, 9.17) is 23.2 Å². The van der Waals surface area contributed by atoms with Crippen LogP contribution in [0.2, 0.25) is 10.0 Å². The van der Waals surface area contributed by atoms with E-state index >= 15 is 0 Å². The van der Waals surface area contributed by atoms with E-state index in [0.29, 0.717) is 10.0 Å². The van der Waals surface area contributed by atoms with Gasteiger partial charge in [0.1, 0.15) is 0 Å². The first-order chi connectivity index (χ1) is 6.79. The molecule has 0 N–H and O–H groups in total. The van der Waals surface area contributed by atoms with Gasteiger partial charge in [-0.2, -0.15) is 0 Å². The number of nitrogens with zero attached hydrogens (tertiary/aromatic N) is 2. The van der Waals surface area contributed by atoms with Gasteiger partial charge >= 0.3 is 23.1 Å². The fourth-order valence-electron chi connectivity index (χ4n) is 1.58. The van der Waals surface area contributed by atoms with E-state index in [1.165, 1.54) is 0 Å². The zero-order valence-electron chi connectivity index (χ0n) is 8.80. The molecular formula is C10H11BrCl2MgN2. The first kappa shape index (κ1) is 16.8. The summed E-state index contributed by atoms with van der Waals surface area (Å²) in [5, 5.41) is 5.55. The second-order valence-corrected chi connectivity index (χ2v) is 4.02. The van der Waals surface area contributed by atoms with Crippen molar-refractivity contribution in [1.82, 2.24) is 0 Å². The summed E-state index contributed by atoms with van der Waals surface area (Å²) in [6.45, 7) is 3.62. The fraction of sp³-hybridized carbons (Fsp3) is 0.400. The minimum atomic E-state index is 0. The summed E-state index contributed by atoms with van der Waals surface area (Å²) in [4.78, 5) is 2.22. The van der Waals surface area contributed by atoms with Crippen LogP contribution in [0.1, 0.15) is 0 Å². The van der Waals surface area contributed by atoms with Crippen LogP contribution >= 0.6 is 23.2 Å².